The summed E-state index contributed by atoms with van der Waals surface area (Å²) in [7, 11) is 0. The van der Waals surface area contributed by atoms with Crippen molar-refractivity contribution < 1.29 is 9.84 Å². The van der Waals surface area contributed by atoms with E-state index in [0.717, 1.165) is 4.47 Å². The Hall–Kier alpha value is -1.54. The third-order valence-corrected chi connectivity index (χ3v) is 2.88. The van der Waals surface area contributed by atoms with E-state index in [1.165, 1.54) is 12.3 Å². The quantitative estimate of drug-likeness (QED) is 0.708. The number of hydrogen-bond acceptors (Lipinski definition) is 6. The summed E-state index contributed by atoms with van der Waals surface area (Å²) in [5.74, 6) is 1.21. The summed E-state index contributed by atoms with van der Waals surface area (Å²) in [5.41, 5.74) is 10.7. The summed E-state index contributed by atoms with van der Waals surface area (Å²) in [4.78, 5) is 7.56. The Morgan fingerprint density at radius 2 is 1.65 bits per heavy atom. The van der Waals surface area contributed by atoms with Crippen LogP contribution in [0, 0.1) is 0 Å². The van der Waals surface area contributed by atoms with Crippen LogP contribution in [0.3, 0.4) is 0 Å². The summed E-state index contributed by atoms with van der Waals surface area (Å²) in [6, 6.07) is 3.29. The van der Waals surface area contributed by atoms with E-state index in [1.807, 2.05) is 6.92 Å². The molecule has 6 nitrogen and oxygen atoms in total. The van der Waals surface area contributed by atoms with E-state index in [0.29, 0.717) is 22.6 Å². The molecule has 0 aliphatic rings. The van der Waals surface area contributed by atoms with E-state index in [1.54, 1.807) is 12.3 Å². The van der Waals surface area contributed by atoms with E-state index in [9.17, 15) is 0 Å². The van der Waals surface area contributed by atoms with Gasteiger partial charge in [-0.1, -0.05) is 0 Å². The zero-order valence-corrected chi connectivity index (χ0v) is 13.8. The van der Waals surface area contributed by atoms with Gasteiger partial charge < -0.3 is 21.3 Å². The Kier molecular flexibility index (Phi) is 6.53. The summed E-state index contributed by atoms with van der Waals surface area (Å²) in [6.45, 7) is 2.50. The van der Waals surface area contributed by atoms with E-state index >= 15 is 0 Å². The molecule has 2 heterocycles. The van der Waals surface area contributed by atoms with Crippen molar-refractivity contribution in [3.8, 4) is 11.5 Å². The fourth-order valence-electron chi connectivity index (χ4n) is 1.14. The molecule has 2 aromatic heterocycles. The first-order chi connectivity index (χ1) is 9.43. The number of halogens is 2. The lowest BCUT2D eigenvalue weighted by molar-refractivity contribution is 0.340. The fourth-order valence-corrected chi connectivity index (χ4v) is 1.77. The number of nitrogens with zero attached hydrogens (tertiary/aromatic N) is 2. The van der Waals surface area contributed by atoms with Crippen molar-refractivity contribution in [2.24, 2.45) is 0 Å². The number of aromatic nitrogens is 2. The number of aromatic hydroxyl groups is 1. The van der Waals surface area contributed by atoms with Gasteiger partial charge in [-0.05, 0) is 50.9 Å². The summed E-state index contributed by atoms with van der Waals surface area (Å²) in [5, 5.41) is 8.88. The molecule has 0 saturated heterocycles. The van der Waals surface area contributed by atoms with Crippen molar-refractivity contribution in [2.75, 3.05) is 18.1 Å². The molecule has 0 unspecified atom stereocenters. The zero-order chi connectivity index (χ0) is 15.1. The SMILES string of the molecule is CCOc1cc(Br)cnc1N.Nc1ncc(Br)cc1O. The highest BCUT2D eigenvalue weighted by Crippen LogP contribution is 2.22. The van der Waals surface area contributed by atoms with Crippen LogP contribution < -0.4 is 16.2 Å². The standard InChI is InChI=1S/C7H9BrN2O.C5H5BrN2O/c1-2-11-6-3-5(8)4-10-7(6)9;6-3-1-4(9)5(7)8-2-3/h3-4H,2H2,1H3,(H2,9,10);1-2,9H,(H2,7,8). The Morgan fingerprint density at radius 1 is 1.10 bits per heavy atom. The van der Waals surface area contributed by atoms with Gasteiger partial charge in [-0.3, -0.25) is 0 Å². The molecule has 0 aromatic carbocycles. The van der Waals surface area contributed by atoms with Crippen molar-refractivity contribution in [3.63, 3.8) is 0 Å². The molecular formula is C12H14Br2N4O2. The first-order valence-electron chi connectivity index (χ1n) is 5.57. The van der Waals surface area contributed by atoms with Gasteiger partial charge in [0, 0.05) is 21.3 Å². The van der Waals surface area contributed by atoms with Gasteiger partial charge in [-0.15, -0.1) is 0 Å². The second-order valence-corrected chi connectivity index (χ2v) is 5.36. The minimum absolute atomic E-state index is 0.00405. The maximum absolute atomic E-state index is 8.88. The van der Waals surface area contributed by atoms with Crippen molar-refractivity contribution in [1.82, 2.24) is 9.97 Å². The van der Waals surface area contributed by atoms with Gasteiger partial charge in [0.15, 0.2) is 23.1 Å². The van der Waals surface area contributed by atoms with Crippen LogP contribution in [-0.2, 0) is 0 Å². The average Bonchev–Trinajstić information content (AvgIpc) is 2.40. The van der Waals surface area contributed by atoms with E-state index < -0.39 is 0 Å². The third-order valence-electron chi connectivity index (χ3n) is 2.01. The van der Waals surface area contributed by atoms with Crippen LogP contribution in [0.2, 0.25) is 0 Å². The van der Waals surface area contributed by atoms with Gasteiger partial charge in [0.25, 0.3) is 0 Å². The monoisotopic (exact) mass is 404 g/mol. The van der Waals surface area contributed by atoms with Crippen LogP contribution in [0.4, 0.5) is 11.6 Å². The molecule has 8 heteroatoms. The van der Waals surface area contributed by atoms with Crippen molar-refractivity contribution in [2.45, 2.75) is 6.92 Å². The summed E-state index contributed by atoms with van der Waals surface area (Å²) < 4.78 is 6.79. The van der Waals surface area contributed by atoms with Crippen LogP contribution in [0.5, 0.6) is 11.5 Å². The van der Waals surface area contributed by atoms with Crippen LogP contribution in [0.15, 0.2) is 33.5 Å². The molecule has 0 aliphatic carbocycles. The normalized spacial score (nSPS) is 9.55. The van der Waals surface area contributed by atoms with Crippen LogP contribution in [-0.4, -0.2) is 21.7 Å². The molecule has 0 atom stereocenters. The number of hydrogen-bond donors (Lipinski definition) is 3. The molecule has 0 bridgehead atoms. The molecule has 0 amide bonds. The molecule has 0 spiro atoms. The lowest BCUT2D eigenvalue weighted by Crippen LogP contribution is -1.98. The number of nitrogen functional groups attached to an aromatic ring is 2. The Balaban J connectivity index is 0.000000204. The molecule has 2 rings (SSSR count). The van der Waals surface area contributed by atoms with Gasteiger partial charge >= 0.3 is 0 Å². The zero-order valence-electron chi connectivity index (χ0n) is 10.7. The molecule has 2 aromatic rings. The van der Waals surface area contributed by atoms with Gasteiger partial charge in [0.05, 0.1) is 6.61 Å². The fraction of sp³-hybridized carbons (Fsp3) is 0.167. The van der Waals surface area contributed by atoms with E-state index in [4.69, 9.17) is 21.3 Å². The van der Waals surface area contributed by atoms with Crippen molar-refractivity contribution >= 4 is 43.5 Å². The lowest BCUT2D eigenvalue weighted by Gasteiger charge is -2.04. The summed E-state index contributed by atoms with van der Waals surface area (Å²) >= 11 is 6.39. The average molecular weight is 406 g/mol. The number of ether oxygens (including phenoxy) is 1. The highest BCUT2D eigenvalue weighted by Gasteiger charge is 2.00. The van der Waals surface area contributed by atoms with Crippen LogP contribution in [0.25, 0.3) is 0 Å². The van der Waals surface area contributed by atoms with Gasteiger partial charge in [0.2, 0.25) is 0 Å². The molecule has 5 N–H and O–H groups in total. The lowest BCUT2D eigenvalue weighted by atomic mass is 10.4. The number of rotatable bonds is 2. The highest BCUT2D eigenvalue weighted by atomic mass is 79.9. The first-order valence-corrected chi connectivity index (χ1v) is 7.16. The largest absolute Gasteiger partial charge is 0.504 e. The van der Waals surface area contributed by atoms with Crippen molar-refractivity contribution in [1.29, 1.82) is 0 Å². The highest BCUT2D eigenvalue weighted by molar-refractivity contribution is 9.10. The maximum atomic E-state index is 8.88. The maximum Gasteiger partial charge on any atom is 0.166 e. The molecular weight excluding hydrogens is 392 g/mol. The summed E-state index contributed by atoms with van der Waals surface area (Å²) in [6.07, 6.45) is 3.16. The minimum atomic E-state index is 0.00405. The molecule has 0 aliphatic heterocycles. The second kappa shape index (κ2) is 7.91. The van der Waals surface area contributed by atoms with Crippen molar-refractivity contribution in [3.05, 3.63) is 33.5 Å². The Bertz CT molecular complexity index is 581. The van der Waals surface area contributed by atoms with E-state index in [-0.39, 0.29) is 11.6 Å². The van der Waals surface area contributed by atoms with E-state index in [2.05, 4.69) is 41.8 Å². The molecule has 20 heavy (non-hydrogen) atoms. The van der Waals surface area contributed by atoms with Crippen LogP contribution in [0.1, 0.15) is 6.92 Å². The Labute approximate surface area is 133 Å². The molecule has 0 saturated carbocycles. The number of nitrogens with two attached hydrogens (primary N) is 2. The topological polar surface area (TPSA) is 107 Å². The minimum Gasteiger partial charge on any atom is -0.504 e. The van der Waals surface area contributed by atoms with Crippen LogP contribution >= 0.6 is 31.9 Å². The second-order valence-electron chi connectivity index (χ2n) is 3.53. The number of anilines is 2. The third kappa shape index (κ3) is 5.22. The van der Waals surface area contributed by atoms with Gasteiger partial charge in [-0.25, -0.2) is 9.97 Å². The molecule has 0 radical (unpaired) electrons. The van der Waals surface area contributed by atoms with Gasteiger partial charge in [0.1, 0.15) is 0 Å². The first kappa shape index (κ1) is 16.5. The molecule has 0 fully saturated rings. The van der Waals surface area contributed by atoms with Gasteiger partial charge in [-0.2, -0.15) is 0 Å². The smallest absolute Gasteiger partial charge is 0.166 e. The molecule has 108 valence electrons. The Morgan fingerprint density at radius 3 is 2.15 bits per heavy atom. The number of pyridine rings is 2. The predicted molar refractivity (Wildman–Crippen MR) is 85.5 cm³/mol. The predicted octanol–water partition coefficient (Wildman–Crippen LogP) is 2.96.